The summed E-state index contributed by atoms with van der Waals surface area (Å²) in [6.45, 7) is 5.76. The number of allylic oxidation sites excluding steroid dienone is 1. The van der Waals surface area contributed by atoms with Crippen molar-refractivity contribution >= 4 is 19.2 Å². The minimum absolute atomic E-state index is 0.256. The van der Waals surface area contributed by atoms with Crippen LogP contribution in [0, 0.1) is 0 Å². The number of carbonyl (C=O) groups is 1. The highest BCUT2D eigenvalue weighted by molar-refractivity contribution is 7.67. The van der Waals surface area contributed by atoms with Gasteiger partial charge in [0.2, 0.25) is 0 Å². The van der Waals surface area contributed by atoms with Crippen LogP contribution >= 0.6 is 7.92 Å². The number of rotatable bonds is 4. The van der Waals surface area contributed by atoms with Crippen LogP contribution in [0.5, 0.6) is 0 Å². The van der Waals surface area contributed by atoms with E-state index in [9.17, 15) is 4.79 Å². The van der Waals surface area contributed by atoms with Gasteiger partial charge in [0.25, 0.3) is 0 Å². The molecule has 0 amide bonds. The molecule has 4 rings (SSSR count). The van der Waals surface area contributed by atoms with Gasteiger partial charge in [0, 0.05) is 6.08 Å². The number of hydrogen-bond acceptors (Lipinski definition) is 2. The molecule has 1 heterocycles. The van der Waals surface area contributed by atoms with Crippen LogP contribution in [0.4, 0.5) is 0 Å². The van der Waals surface area contributed by atoms with Crippen molar-refractivity contribution in [2.24, 2.45) is 0 Å². The SMILES string of the molecule is CC(C)(C)OC(=O)C=C1CCCP(c2ccccc2)C1(c1ccccc1)c1ccccc1. The van der Waals surface area contributed by atoms with E-state index in [1.54, 1.807) is 6.08 Å². The first-order valence-electron chi connectivity index (χ1n) is 11.3. The van der Waals surface area contributed by atoms with Gasteiger partial charge in [-0.2, -0.15) is 0 Å². The molecule has 0 aliphatic carbocycles. The van der Waals surface area contributed by atoms with Gasteiger partial charge in [-0.3, -0.25) is 0 Å². The molecule has 0 N–H and O–H groups in total. The van der Waals surface area contributed by atoms with Crippen LogP contribution in [-0.2, 0) is 14.7 Å². The Labute approximate surface area is 193 Å². The molecule has 164 valence electrons. The molecule has 2 nitrogen and oxygen atoms in total. The number of hydrogen-bond donors (Lipinski definition) is 0. The molecule has 1 unspecified atom stereocenters. The van der Waals surface area contributed by atoms with Crippen molar-refractivity contribution < 1.29 is 9.53 Å². The molecule has 0 aromatic heterocycles. The third-order valence-corrected chi connectivity index (χ3v) is 9.15. The molecule has 1 aliphatic heterocycles. The number of carbonyl (C=O) groups excluding carboxylic acids is 1. The molecule has 1 fully saturated rings. The largest absolute Gasteiger partial charge is 0.457 e. The summed E-state index contributed by atoms with van der Waals surface area (Å²) in [5.74, 6) is -0.256. The second-order valence-electron chi connectivity index (χ2n) is 9.24. The van der Waals surface area contributed by atoms with Crippen molar-refractivity contribution in [1.29, 1.82) is 0 Å². The highest BCUT2D eigenvalue weighted by atomic mass is 31.1. The molecule has 0 spiro atoms. The summed E-state index contributed by atoms with van der Waals surface area (Å²) in [6, 6.07) is 32.3. The van der Waals surface area contributed by atoms with Crippen LogP contribution in [0.25, 0.3) is 0 Å². The minimum atomic E-state index is -0.646. The van der Waals surface area contributed by atoms with Crippen molar-refractivity contribution in [3.05, 3.63) is 114 Å². The Morgan fingerprint density at radius 1 is 0.844 bits per heavy atom. The zero-order chi connectivity index (χ0) is 22.6. The van der Waals surface area contributed by atoms with E-state index in [0.29, 0.717) is 0 Å². The monoisotopic (exact) mass is 442 g/mol. The normalized spacial score (nSPS) is 19.5. The fourth-order valence-electron chi connectivity index (χ4n) is 4.74. The third kappa shape index (κ3) is 4.57. The fourth-order valence-corrected chi connectivity index (χ4v) is 8.17. The summed E-state index contributed by atoms with van der Waals surface area (Å²) in [7, 11) is -0.646. The first kappa shape index (κ1) is 22.5. The summed E-state index contributed by atoms with van der Waals surface area (Å²) in [6.07, 6.45) is 4.86. The van der Waals surface area contributed by atoms with Gasteiger partial charge in [-0.25, -0.2) is 4.79 Å². The van der Waals surface area contributed by atoms with E-state index >= 15 is 0 Å². The quantitative estimate of drug-likeness (QED) is 0.252. The van der Waals surface area contributed by atoms with Gasteiger partial charge >= 0.3 is 5.97 Å². The van der Waals surface area contributed by atoms with Crippen LogP contribution in [0.1, 0.15) is 44.7 Å². The lowest BCUT2D eigenvalue weighted by molar-refractivity contribution is -0.148. The van der Waals surface area contributed by atoms with Gasteiger partial charge in [0.1, 0.15) is 5.60 Å². The number of ether oxygens (including phenoxy) is 1. The zero-order valence-electron chi connectivity index (χ0n) is 19.1. The zero-order valence-corrected chi connectivity index (χ0v) is 20.0. The number of esters is 1. The second kappa shape index (κ2) is 9.43. The average Bonchev–Trinajstić information content (AvgIpc) is 2.79. The molecule has 3 aromatic carbocycles. The minimum Gasteiger partial charge on any atom is -0.457 e. The Morgan fingerprint density at radius 2 is 1.34 bits per heavy atom. The summed E-state index contributed by atoms with van der Waals surface area (Å²) in [4.78, 5) is 13.0. The van der Waals surface area contributed by atoms with Crippen molar-refractivity contribution in [3.63, 3.8) is 0 Å². The predicted molar refractivity (Wildman–Crippen MR) is 135 cm³/mol. The van der Waals surface area contributed by atoms with Gasteiger partial charge in [0.05, 0.1) is 5.16 Å². The molecule has 0 radical (unpaired) electrons. The van der Waals surface area contributed by atoms with Crippen LogP contribution in [0.2, 0.25) is 0 Å². The van der Waals surface area contributed by atoms with Crippen LogP contribution in [0.3, 0.4) is 0 Å². The van der Waals surface area contributed by atoms with Crippen molar-refractivity contribution in [2.75, 3.05) is 6.16 Å². The topological polar surface area (TPSA) is 26.3 Å². The molecule has 0 bridgehead atoms. The molecule has 32 heavy (non-hydrogen) atoms. The molecule has 0 saturated carbocycles. The highest BCUT2D eigenvalue weighted by Gasteiger charge is 2.47. The van der Waals surface area contributed by atoms with Gasteiger partial charge in [-0.15, -0.1) is 0 Å². The predicted octanol–water partition coefficient (Wildman–Crippen LogP) is 6.80. The highest BCUT2D eigenvalue weighted by Crippen LogP contribution is 2.66. The second-order valence-corrected chi connectivity index (χ2v) is 11.7. The Hall–Kier alpha value is -2.70. The van der Waals surface area contributed by atoms with E-state index in [2.05, 4.69) is 91.0 Å². The lowest BCUT2D eigenvalue weighted by Crippen LogP contribution is -2.36. The standard InChI is InChI=1S/C29H31O2P/c1-28(2,3)31-27(30)22-25-18-13-21-32(26-19-11-6-12-20-26)29(25,23-14-7-4-8-15-23)24-16-9-5-10-17-24/h4-12,14-17,19-20,22H,13,18,21H2,1-3H3. The van der Waals surface area contributed by atoms with Crippen LogP contribution < -0.4 is 5.30 Å². The van der Waals surface area contributed by atoms with Crippen molar-refractivity contribution in [1.82, 2.24) is 0 Å². The van der Waals surface area contributed by atoms with Crippen LogP contribution in [0.15, 0.2) is 103 Å². The van der Waals surface area contributed by atoms with E-state index in [0.717, 1.165) is 24.6 Å². The maximum Gasteiger partial charge on any atom is 0.331 e. The summed E-state index contributed by atoms with van der Waals surface area (Å²) in [5.41, 5.74) is 3.13. The smallest absolute Gasteiger partial charge is 0.331 e. The molecule has 1 aliphatic rings. The maximum atomic E-state index is 13.0. The Balaban J connectivity index is 1.99. The molecule has 3 heteroatoms. The molecular weight excluding hydrogens is 411 g/mol. The fraction of sp³-hybridized carbons (Fsp3) is 0.276. The van der Waals surface area contributed by atoms with Crippen molar-refractivity contribution in [3.8, 4) is 0 Å². The molecule has 1 atom stereocenters. The Morgan fingerprint density at radius 3 is 1.84 bits per heavy atom. The van der Waals surface area contributed by atoms with Gasteiger partial charge in [-0.05, 0) is 61.8 Å². The Kier molecular flexibility index (Phi) is 6.63. The Bertz CT molecular complexity index is 1030. The third-order valence-electron chi connectivity index (χ3n) is 5.85. The summed E-state index contributed by atoms with van der Waals surface area (Å²) in [5, 5.41) is 0.999. The van der Waals surface area contributed by atoms with E-state index in [4.69, 9.17) is 4.74 Å². The van der Waals surface area contributed by atoms with Gasteiger partial charge in [-0.1, -0.05) is 98.9 Å². The maximum absolute atomic E-state index is 13.0. The van der Waals surface area contributed by atoms with E-state index in [1.807, 2.05) is 20.8 Å². The van der Waals surface area contributed by atoms with E-state index < -0.39 is 13.5 Å². The average molecular weight is 443 g/mol. The van der Waals surface area contributed by atoms with Crippen LogP contribution in [-0.4, -0.2) is 17.7 Å². The van der Waals surface area contributed by atoms with E-state index in [1.165, 1.54) is 16.4 Å². The summed E-state index contributed by atoms with van der Waals surface area (Å²) >= 11 is 0. The summed E-state index contributed by atoms with van der Waals surface area (Å²) < 4.78 is 5.74. The molecule has 3 aromatic rings. The molecular formula is C29H31O2P. The van der Waals surface area contributed by atoms with Gasteiger partial charge in [0.15, 0.2) is 0 Å². The van der Waals surface area contributed by atoms with Crippen molar-refractivity contribution in [2.45, 2.75) is 44.4 Å². The van der Waals surface area contributed by atoms with E-state index in [-0.39, 0.29) is 11.1 Å². The number of benzene rings is 3. The first-order chi connectivity index (χ1) is 15.4. The first-order valence-corrected chi connectivity index (χ1v) is 12.8. The lowest BCUT2D eigenvalue weighted by Gasteiger charge is -2.48. The van der Waals surface area contributed by atoms with Gasteiger partial charge < -0.3 is 4.74 Å². The molecule has 1 saturated heterocycles. The lowest BCUT2D eigenvalue weighted by atomic mass is 9.81.